The van der Waals surface area contributed by atoms with Crippen LogP contribution in [0.2, 0.25) is 0 Å². The SMILES string of the molecule is N#Cc1nn(O)c2ccc(Br)cc12. The fourth-order valence-corrected chi connectivity index (χ4v) is 1.52. The molecule has 64 valence electrons. The van der Waals surface area contributed by atoms with Crippen LogP contribution < -0.4 is 0 Å². The van der Waals surface area contributed by atoms with Gasteiger partial charge in [-0.3, -0.25) is 0 Å². The normalized spacial score (nSPS) is 10.2. The lowest BCUT2D eigenvalue weighted by Gasteiger charge is -1.91. The van der Waals surface area contributed by atoms with Gasteiger partial charge in [0.15, 0.2) is 5.69 Å². The summed E-state index contributed by atoms with van der Waals surface area (Å²) in [6, 6.07) is 7.11. The van der Waals surface area contributed by atoms with E-state index in [4.69, 9.17) is 5.26 Å². The number of benzene rings is 1. The Hall–Kier alpha value is -1.54. The Bertz CT molecular complexity index is 512. The number of halogens is 1. The highest BCUT2D eigenvalue weighted by Gasteiger charge is 2.08. The molecule has 0 saturated carbocycles. The summed E-state index contributed by atoms with van der Waals surface area (Å²) in [4.78, 5) is 0.709. The van der Waals surface area contributed by atoms with Crippen LogP contribution >= 0.6 is 15.9 Å². The molecule has 1 aromatic heterocycles. The Morgan fingerprint density at radius 1 is 1.54 bits per heavy atom. The molecule has 1 aromatic carbocycles. The van der Waals surface area contributed by atoms with Gasteiger partial charge in [-0.15, -0.1) is 9.94 Å². The van der Waals surface area contributed by atoms with Gasteiger partial charge in [-0.05, 0) is 18.2 Å². The zero-order valence-corrected chi connectivity index (χ0v) is 7.98. The van der Waals surface area contributed by atoms with Crippen LogP contribution in [-0.4, -0.2) is 15.2 Å². The standard InChI is InChI=1S/C8H4BrN3O/c9-5-1-2-8-6(3-5)7(4-10)11-12(8)13/h1-3,13H. The van der Waals surface area contributed by atoms with E-state index >= 15 is 0 Å². The average Bonchev–Trinajstić information content (AvgIpc) is 2.42. The summed E-state index contributed by atoms with van der Waals surface area (Å²) >= 11 is 3.28. The van der Waals surface area contributed by atoms with Gasteiger partial charge in [0.2, 0.25) is 0 Å². The molecular weight excluding hydrogens is 234 g/mol. The fraction of sp³-hybridized carbons (Fsp3) is 0. The molecule has 5 heteroatoms. The van der Waals surface area contributed by atoms with Crippen molar-refractivity contribution in [2.75, 3.05) is 0 Å². The van der Waals surface area contributed by atoms with E-state index in [1.54, 1.807) is 18.2 Å². The van der Waals surface area contributed by atoms with Crippen molar-refractivity contribution < 1.29 is 5.21 Å². The van der Waals surface area contributed by atoms with Crippen LogP contribution in [0.5, 0.6) is 0 Å². The first-order chi connectivity index (χ1) is 6.22. The quantitative estimate of drug-likeness (QED) is 0.713. The average molecular weight is 238 g/mol. The third-order valence-corrected chi connectivity index (χ3v) is 2.22. The highest BCUT2D eigenvalue weighted by molar-refractivity contribution is 9.10. The number of hydrogen-bond donors (Lipinski definition) is 1. The topological polar surface area (TPSA) is 61.8 Å². The van der Waals surface area contributed by atoms with Gasteiger partial charge in [0.25, 0.3) is 0 Å². The van der Waals surface area contributed by atoms with Gasteiger partial charge >= 0.3 is 0 Å². The van der Waals surface area contributed by atoms with Gasteiger partial charge in [0.05, 0.1) is 0 Å². The van der Waals surface area contributed by atoms with Crippen molar-refractivity contribution in [3.63, 3.8) is 0 Å². The maximum atomic E-state index is 9.25. The summed E-state index contributed by atoms with van der Waals surface area (Å²) in [6.07, 6.45) is 0. The molecule has 2 rings (SSSR count). The molecule has 0 unspecified atom stereocenters. The van der Waals surface area contributed by atoms with Crippen LogP contribution in [0.15, 0.2) is 22.7 Å². The Morgan fingerprint density at radius 2 is 2.31 bits per heavy atom. The summed E-state index contributed by atoms with van der Waals surface area (Å²) in [6.45, 7) is 0. The molecule has 0 fully saturated rings. The highest BCUT2D eigenvalue weighted by Crippen LogP contribution is 2.21. The van der Waals surface area contributed by atoms with Crippen molar-refractivity contribution in [1.29, 1.82) is 5.26 Å². The van der Waals surface area contributed by atoms with Crippen LogP contribution in [0.1, 0.15) is 5.69 Å². The zero-order valence-electron chi connectivity index (χ0n) is 6.40. The van der Waals surface area contributed by atoms with Crippen LogP contribution in [0.3, 0.4) is 0 Å². The maximum Gasteiger partial charge on any atom is 0.173 e. The second kappa shape index (κ2) is 2.75. The van der Waals surface area contributed by atoms with E-state index in [1.165, 1.54) is 0 Å². The van der Waals surface area contributed by atoms with E-state index in [9.17, 15) is 5.21 Å². The minimum atomic E-state index is 0.221. The van der Waals surface area contributed by atoms with Gasteiger partial charge in [-0.1, -0.05) is 15.9 Å². The molecule has 4 nitrogen and oxygen atoms in total. The number of fused-ring (bicyclic) bond motifs is 1. The molecular formula is C8H4BrN3O. The van der Waals surface area contributed by atoms with Crippen LogP contribution in [0, 0.1) is 11.3 Å². The molecule has 0 aliphatic carbocycles. The molecule has 1 heterocycles. The second-order valence-electron chi connectivity index (χ2n) is 2.51. The van der Waals surface area contributed by atoms with E-state index in [0.29, 0.717) is 15.7 Å². The van der Waals surface area contributed by atoms with Crippen LogP contribution in [0.25, 0.3) is 10.9 Å². The Balaban J connectivity index is 2.91. The third kappa shape index (κ3) is 1.15. The number of hydrogen-bond acceptors (Lipinski definition) is 3. The maximum absolute atomic E-state index is 9.25. The highest BCUT2D eigenvalue weighted by atomic mass is 79.9. The lowest BCUT2D eigenvalue weighted by atomic mass is 10.2. The summed E-state index contributed by atoms with van der Waals surface area (Å²) < 4.78 is 0.851. The molecule has 13 heavy (non-hydrogen) atoms. The zero-order chi connectivity index (χ0) is 9.42. The summed E-state index contributed by atoms with van der Waals surface area (Å²) in [5, 5.41) is 22.2. The fourth-order valence-electron chi connectivity index (χ4n) is 1.16. The van der Waals surface area contributed by atoms with E-state index in [1.807, 2.05) is 6.07 Å². The summed E-state index contributed by atoms with van der Waals surface area (Å²) in [5.74, 6) is 0. The number of aromatic nitrogens is 2. The van der Waals surface area contributed by atoms with Crippen molar-refractivity contribution >= 4 is 26.8 Å². The lowest BCUT2D eigenvalue weighted by molar-refractivity contribution is 0.161. The number of rotatable bonds is 0. The first-order valence-corrected chi connectivity index (χ1v) is 4.29. The summed E-state index contributed by atoms with van der Waals surface area (Å²) in [7, 11) is 0. The summed E-state index contributed by atoms with van der Waals surface area (Å²) in [5.41, 5.74) is 0.749. The predicted molar refractivity (Wildman–Crippen MR) is 49.3 cm³/mol. The van der Waals surface area contributed by atoms with E-state index < -0.39 is 0 Å². The first-order valence-electron chi connectivity index (χ1n) is 3.50. The predicted octanol–water partition coefficient (Wildman–Crippen LogP) is 1.91. The molecule has 0 aliphatic heterocycles. The van der Waals surface area contributed by atoms with E-state index in [0.717, 1.165) is 4.47 Å². The minimum absolute atomic E-state index is 0.221. The molecule has 0 amide bonds. The van der Waals surface area contributed by atoms with Gasteiger partial charge in [0.1, 0.15) is 11.6 Å². The van der Waals surface area contributed by atoms with Crippen molar-refractivity contribution in [3.8, 4) is 6.07 Å². The largest absolute Gasteiger partial charge is 0.411 e. The van der Waals surface area contributed by atoms with E-state index in [-0.39, 0.29) is 5.69 Å². The monoisotopic (exact) mass is 237 g/mol. The lowest BCUT2D eigenvalue weighted by Crippen LogP contribution is -1.91. The second-order valence-corrected chi connectivity index (χ2v) is 3.43. The molecule has 1 N–H and O–H groups in total. The molecule has 0 aliphatic rings. The smallest absolute Gasteiger partial charge is 0.173 e. The van der Waals surface area contributed by atoms with Crippen molar-refractivity contribution in [3.05, 3.63) is 28.4 Å². The van der Waals surface area contributed by atoms with Gasteiger partial charge in [-0.25, -0.2) is 0 Å². The van der Waals surface area contributed by atoms with Crippen molar-refractivity contribution in [2.45, 2.75) is 0 Å². The molecule has 0 radical (unpaired) electrons. The molecule has 0 saturated heterocycles. The Morgan fingerprint density at radius 3 is 3.00 bits per heavy atom. The van der Waals surface area contributed by atoms with Gasteiger partial charge in [0, 0.05) is 9.86 Å². The van der Waals surface area contributed by atoms with Gasteiger partial charge < -0.3 is 5.21 Å². The van der Waals surface area contributed by atoms with E-state index in [2.05, 4.69) is 21.0 Å². The molecule has 0 bridgehead atoms. The van der Waals surface area contributed by atoms with Crippen LogP contribution in [-0.2, 0) is 0 Å². The first kappa shape index (κ1) is 8.08. The minimum Gasteiger partial charge on any atom is -0.411 e. The van der Waals surface area contributed by atoms with Crippen LogP contribution in [0.4, 0.5) is 0 Å². The Kier molecular flexibility index (Phi) is 1.71. The molecule has 2 aromatic rings. The van der Waals surface area contributed by atoms with Gasteiger partial charge in [-0.2, -0.15) is 5.26 Å². The number of nitriles is 1. The van der Waals surface area contributed by atoms with Crippen molar-refractivity contribution in [2.24, 2.45) is 0 Å². The molecule has 0 atom stereocenters. The van der Waals surface area contributed by atoms with Crippen molar-refractivity contribution in [1.82, 2.24) is 9.94 Å². The Labute approximate surface area is 82.1 Å². The molecule has 0 spiro atoms. The third-order valence-electron chi connectivity index (χ3n) is 1.73. The number of nitrogens with zero attached hydrogens (tertiary/aromatic N) is 3.